The fourth-order valence-corrected chi connectivity index (χ4v) is 4.59. The number of rotatable bonds is 10. The molecule has 2 aromatic heterocycles. The Morgan fingerprint density at radius 3 is 2.31 bits per heavy atom. The third-order valence-electron chi connectivity index (χ3n) is 6.37. The van der Waals surface area contributed by atoms with E-state index in [2.05, 4.69) is 37.8 Å². The minimum absolute atomic E-state index is 0. The molecule has 0 bridgehead atoms. The number of hydrogen-bond donors (Lipinski definition) is 1. The summed E-state index contributed by atoms with van der Waals surface area (Å²) in [5.41, 5.74) is 5.23. The summed E-state index contributed by atoms with van der Waals surface area (Å²) in [5, 5.41) is 3.85. The van der Waals surface area contributed by atoms with Crippen LogP contribution >= 0.6 is 0 Å². The van der Waals surface area contributed by atoms with E-state index in [1.54, 1.807) is 11.7 Å². The molecule has 0 amide bonds. The van der Waals surface area contributed by atoms with E-state index >= 15 is 0 Å². The van der Waals surface area contributed by atoms with Crippen molar-refractivity contribution in [1.82, 2.24) is 19.7 Å². The molecular formula is C30H37KN4O4. The molecule has 9 heteroatoms. The molecule has 0 unspecified atom stereocenters. The van der Waals surface area contributed by atoms with Crippen molar-refractivity contribution in [1.29, 1.82) is 0 Å². The van der Waals surface area contributed by atoms with Gasteiger partial charge < -0.3 is 4.74 Å². The zero-order chi connectivity index (χ0) is 27.3. The van der Waals surface area contributed by atoms with Crippen LogP contribution in [0.2, 0.25) is 0 Å². The molecule has 1 N–H and O–H groups in total. The Morgan fingerprint density at radius 2 is 1.72 bits per heavy atom. The van der Waals surface area contributed by atoms with Crippen molar-refractivity contribution in [3.05, 3.63) is 92.1 Å². The van der Waals surface area contributed by atoms with Crippen LogP contribution in [0.5, 0.6) is 0 Å². The Kier molecular flexibility index (Phi) is 11.2. The van der Waals surface area contributed by atoms with Crippen LogP contribution in [0, 0.1) is 5.41 Å². The van der Waals surface area contributed by atoms with E-state index in [4.69, 9.17) is 14.2 Å². The molecule has 39 heavy (non-hydrogen) atoms. The van der Waals surface area contributed by atoms with E-state index < -0.39 is 5.76 Å². The number of benzene rings is 2. The second-order valence-corrected chi connectivity index (χ2v) is 10.8. The van der Waals surface area contributed by atoms with Gasteiger partial charge in [-0.05, 0) is 34.9 Å². The second-order valence-electron chi connectivity index (χ2n) is 10.8. The van der Waals surface area contributed by atoms with Crippen molar-refractivity contribution in [2.75, 3.05) is 7.11 Å². The summed E-state index contributed by atoms with van der Waals surface area (Å²) in [6.07, 6.45) is 3.25. The monoisotopic (exact) mass is 556 g/mol. The van der Waals surface area contributed by atoms with Crippen LogP contribution in [-0.2, 0) is 30.7 Å². The normalized spacial score (nSPS) is 11.4. The van der Waals surface area contributed by atoms with Crippen molar-refractivity contribution in [3.8, 4) is 22.5 Å². The first-order valence-corrected chi connectivity index (χ1v) is 13.0. The van der Waals surface area contributed by atoms with Crippen molar-refractivity contribution in [2.45, 2.75) is 66.5 Å². The molecule has 4 rings (SSSR count). The maximum absolute atomic E-state index is 13.8. The number of ether oxygens (including phenoxy) is 1. The summed E-state index contributed by atoms with van der Waals surface area (Å²) < 4.78 is 11.9. The van der Waals surface area contributed by atoms with Crippen LogP contribution in [0.4, 0.5) is 0 Å². The van der Waals surface area contributed by atoms with E-state index in [0.29, 0.717) is 31.2 Å². The van der Waals surface area contributed by atoms with Crippen LogP contribution in [0.1, 0.15) is 63.2 Å². The number of hydrogen-bond acceptors (Lipinski definition) is 6. The molecule has 0 spiro atoms. The van der Waals surface area contributed by atoms with E-state index in [-0.39, 0.29) is 62.4 Å². The van der Waals surface area contributed by atoms with Gasteiger partial charge in [0, 0.05) is 31.2 Å². The standard InChI is InChI=1S/C30H36N4O4.K.H/c1-6-7-12-25-24(28(35)34(19-30(2,3)4)26(31-25)18-37-5)17-20-13-15-21(16-14-20)22-10-8-9-11-23(22)27-32-29(36)38-33-27;;/h8-11,13-16H,6-7,12,17-19H2,1-5H3,(H,32,33,36);;. The van der Waals surface area contributed by atoms with Gasteiger partial charge in [0.05, 0.1) is 5.69 Å². The molecule has 0 aliphatic carbocycles. The number of aryl methyl sites for hydroxylation is 1. The van der Waals surface area contributed by atoms with Crippen molar-refractivity contribution >= 4 is 51.4 Å². The van der Waals surface area contributed by atoms with Crippen LogP contribution in [0.15, 0.2) is 62.6 Å². The molecule has 2 aromatic carbocycles. The first-order valence-electron chi connectivity index (χ1n) is 13.0. The summed E-state index contributed by atoms with van der Waals surface area (Å²) in [4.78, 5) is 32.9. The van der Waals surface area contributed by atoms with Gasteiger partial charge in [-0.15, -0.1) is 0 Å². The van der Waals surface area contributed by atoms with E-state index in [1.165, 1.54) is 0 Å². The third-order valence-corrected chi connectivity index (χ3v) is 6.37. The quantitative estimate of drug-likeness (QED) is 0.283. The fourth-order valence-electron chi connectivity index (χ4n) is 4.59. The van der Waals surface area contributed by atoms with Gasteiger partial charge in [0.25, 0.3) is 5.56 Å². The van der Waals surface area contributed by atoms with Crippen molar-refractivity contribution < 1.29 is 9.26 Å². The Labute approximate surface area is 271 Å². The third kappa shape index (κ3) is 7.96. The zero-order valence-electron chi connectivity index (χ0n) is 22.8. The van der Waals surface area contributed by atoms with Gasteiger partial charge in [0.2, 0.25) is 0 Å². The number of H-pyrrole nitrogens is 1. The van der Waals surface area contributed by atoms with Gasteiger partial charge in [-0.1, -0.05) is 87.8 Å². The Balaban J connectivity index is 0.00000420. The summed E-state index contributed by atoms with van der Waals surface area (Å²) in [7, 11) is 1.63. The van der Waals surface area contributed by atoms with Crippen LogP contribution in [0.3, 0.4) is 0 Å². The number of aromatic nitrogens is 4. The molecule has 0 aliphatic heterocycles. The molecule has 0 aliphatic rings. The van der Waals surface area contributed by atoms with Gasteiger partial charge in [-0.3, -0.25) is 18.9 Å². The van der Waals surface area contributed by atoms with E-state index in [0.717, 1.165) is 52.8 Å². The van der Waals surface area contributed by atoms with E-state index in [1.807, 2.05) is 48.5 Å². The van der Waals surface area contributed by atoms with Gasteiger partial charge in [0.1, 0.15) is 12.4 Å². The van der Waals surface area contributed by atoms with Gasteiger partial charge in [-0.25, -0.2) is 9.78 Å². The van der Waals surface area contributed by atoms with Crippen LogP contribution in [0.25, 0.3) is 22.5 Å². The average molecular weight is 557 g/mol. The Bertz CT molecular complexity index is 1500. The topological polar surface area (TPSA) is 103 Å². The Hall–Kier alpha value is -2.14. The number of nitrogens with one attached hydrogen (secondary N) is 1. The fraction of sp³-hybridized carbons (Fsp3) is 0.400. The zero-order valence-corrected chi connectivity index (χ0v) is 22.8. The Morgan fingerprint density at radius 1 is 1.03 bits per heavy atom. The van der Waals surface area contributed by atoms with Crippen molar-refractivity contribution in [2.24, 2.45) is 5.41 Å². The predicted molar refractivity (Wildman–Crippen MR) is 155 cm³/mol. The molecule has 0 saturated carbocycles. The SMILES string of the molecule is CCCCc1nc(COC)n(CC(C)(C)C)c(=O)c1Cc1ccc(-c2ccccc2-c2noc(=O)[nH]2)cc1.[KH]. The van der Waals surface area contributed by atoms with Crippen molar-refractivity contribution in [3.63, 3.8) is 0 Å². The molecule has 4 aromatic rings. The number of methoxy groups -OCH3 is 1. The molecule has 0 radical (unpaired) electrons. The molecule has 0 fully saturated rings. The van der Waals surface area contributed by atoms with Gasteiger partial charge in [-0.2, -0.15) is 0 Å². The molecule has 8 nitrogen and oxygen atoms in total. The van der Waals surface area contributed by atoms with Crippen LogP contribution in [-0.4, -0.2) is 78.2 Å². The summed E-state index contributed by atoms with van der Waals surface area (Å²) in [6, 6.07) is 15.8. The molecular weight excluding hydrogens is 519 g/mol. The second kappa shape index (κ2) is 14.0. The van der Waals surface area contributed by atoms with Gasteiger partial charge >= 0.3 is 57.1 Å². The summed E-state index contributed by atoms with van der Waals surface area (Å²) >= 11 is 0. The van der Waals surface area contributed by atoms with Gasteiger partial charge in [0.15, 0.2) is 5.82 Å². The number of unbranched alkanes of at least 4 members (excludes halogenated alkanes) is 1. The summed E-state index contributed by atoms with van der Waals surface area (Å²) in [6.45, 7) is 9.36. The predicted octanol–water partition coefficient (Wildman–Crippen LogP) is 4.73. The minimum atomic E-state index is -0.591. The number of nitrogens with zero attached hydrogens (tertiary/aromatic N) is 3. The first-order chi connectivity index (χ1) is 18.2. The molecule has 2 heterocycles. The number of aromatic amines is 1. The average Bonchev–Trinajstić information content (AvgIpc) is 3.33. The molecule has 202 valence electrons. The molecule has 0 saturated heterocycles. The molecule has 0 atom stereocenters. The summed E-state index contributed by atoms with van der Waals surface area (Å²) in [5.74, 6) is 0.475. The maximum atomic E-state index is 13.8. The van der Waals surface area contributed by atoms with Crippen LogP contribution < -0.4 is 11.3 Å². The van der Waals surface area contributed by atoms with E-state index in [9.17, 15) is 9.59 Å². The first kappa shape index (κ1) is 31.4.